The van der Waals surface area contributed by atoms with E-state index in [0.717, 1.165) is 17.5 Å². The van der Waals surface area contributed by atoms with E-state index < -0.39 is 11.8 Å². The van der Waals surface area contributed by atoms with Gasteiger partial charge in [-0.3, -0.25) is 0 Å². The number of carbonyl (C=O) groups is 1. The average Bonchev–Trinajstić information content (AvgIpc) is 3.01. The van der Waals surface area contributed by atoms with Crippen LogP contribution in [0.15, 0.2) is 41.4 Å². The highest BCUT2D eigenvalue weighted by atomic mass is 19.1. The molecule has 1 N–H and O–H groups in total. The first-order valence-corrected chi connectivity index (χ1v) is 9.20. The Bertz CT molecular complexity index is 891. The summed E-state index contributed by atoms with van der Waals surface area (Å²) in [5.41, 5.74) is 1.73. The molecular weight excluding hydrogens is 364 g/mol. The van der Waals surface area contributed by atoms with Crippen LogP contribution in [0.2, 0.25) is 0 Å². The predicted octanol–water partition coefficient (Wildman–Crippen LogP) is 5.03. The Kier molecular flexibility index (Phi) is 6.89. The number of aryl methyl sites for hydroxylation is 2. The maximum absolute atomic E-state index is 13.8. The van der Waals surface area contributed by atoms with Crippen molar-refractivity contribution in [3.63, 3.8) is 0 Å². The van der Waals surface area contributed by atoms with Crippen LogP contribution >= 0.6 is 0 Å². The minimum atomic E-state index is -1.23. The van der Waals surface area contributed by atoms with E-state index in [1.807, 2.05) is 33.8 Å². The Morgan fingerprint density at radius 3 is 2.07 bits per heavy atom. The molecule has 0 spiro atoms. The van der Waals surface area contributed by atoms with Gasteiger partial charge in [0, 0.05) is 0 Å². The molecule has 0 amide bonds. The summed E-state index contributed by atoms with van der Waals surface area (Å²) in [6, 6.07) is 9.36. The molecule has 2 aromatic carbocycles. The van der Waals surface area contributed by atoms with Crippen LogP contribution < -0.4 is 0 Å². The van der Waals surface area contributed by atoms with E-state index in [-0.39, 0.29) is 16.9 Å². The van der Waals surface area contributed by atoms with Gasteiger partial charge in [0.05, 0.1) is 16.7 Å². The Morgan fingerprint density at radius 1 is 1.07 bits per heavy atom. The van der Waals surface area contributed by atoms with E-state index in [9.17, 15) is 13.6 Å². The lowest BCUT2D eigenvalue weighted by Gasteiger charge is -2.07. The smallest absolute Gasteiger partial charge is 0.338 e. The van der Waals surface area contributed by atoms with Crippen molar-refractivity contribution >= 4 is 11.9 Å². The number of halogens is 2. The maximum Gasteiger partial charge on any atom is 0.338 e. The molecule has 3 rings (SSSR count). The number of nitrogens with zero attached hydrogens (tertiary/aromatic N) is 1. The van der Waals surface area contributed by atoms with Gasteiger partial charge in [0.2, 0.25) is 5.90 Å². The highest BCUT2D eigenvalue weighted by molar-refractivity contribution is 5.95. The molecule has 150 valence electrons. The Balaban J connectivity index is 0.000000209. The van der Waals surface area contributed by atoms with Crippen LogP contribution in [0.4, 0.5) is 8.78 Å². The summed E-state index contributed by atoms with van der Waals surface area (Å²) in [5.74, 6) is -1.72. The summed E-state index contributed by atoms with van der Waals surface area (Å²) in [7, 11) is 0. The van der Waals surface area contributed by atoms with Gasteiger partial charge in [-0.1, -0.05) is 26.0 Å². The van der Waals surface area contributed by atoms with Crippen LogP contribution in [-0.2, 0) is 17.6 Å². The number of carboxylic acid groups (broad SMARTS) is 1. The van der Waals surface area contributed by atoms with Crippen molar-refractivity contribution in [3.8, 4) is 0 Å². The Hall–Kier alpha value is -2.76. The van der Waals surface area contributed by atoms with Gasteiger partial charge in [-0.25, -0.2) is 18.6 Å². The number of rotatable bonds is 4. The zero-order valence-corrected chi connectivity index (χ0v) is 16.6. The predicted molar refractivity (Wildman–Crippen MR) is 105 cm³/mol. The number of benzene rings is 2. The van der Waals surface area contributed by atoms with Gasteiger partial charge < -0.3 is 9.84 Å². The summed E-state index contributed by atoms with van der Waals surface area (Å²) < 4.78 is 32.1. The fourth-order valence-corrected chi connectivity index (χ4v) is 2.63. The standard InChI is InChI=1S/C13H16FNO.C9H9FO2/c1-4-9-5-6-10(11(14)7-9)12-15-13(2,3)8-16-12;1-2-6-3-4-7(9(11)12)8(10)5-6/h5-7H,4,8H2,1-3H3;3-5H,2H2,1H3,(H,11,12). The van der Waals surface area contributed by atoms with Crippen LogP contribution in [0, 0.1) is 11.6 Å². The van der Waals surface area contributed by atoms with Gasteiger partial charge in [0.15, 0.2) is 0 Å². The van der Waals surface area contributed by atoms with Crippen LogP contribution in [0.3, 0.4) is 0 Å². The Morgan fingerprint density at radius 2 is 1.64 bits per heavy atom. The maximum atomic E-state index is 13.8. The van der Waals surface area contributed by atoms with E-state index in [1.54, 1.807) is 18.2 Å². The highest BCUT2D eigenvalue weighted by Crippen LogP contribution is 2.22. The van der Waals surface area contributed by atoms with Crippen molar-refractivity contribution in [3.05, 3.63) is 70.3 Å². The molecular formula is C22H25F2NO3. The molecule has 0 unspecified atom stereocenters. The molecule has 0 bridgehead atoms. The van der Waals surface area contributed by atoms with E-state index >= 15 is 0 Å². The van der Waals surface area contributed by atoms with Crippen molar-refractivity contribution < 1.29 is 23.4 Å². The fraction of sp³-hybridized carbons (Fsp3) is 0.364. The van der Waals surface area contributed by atoms with Crippen molar-refractivity contribution in [1.29, 1.82) is 0 Å². The lowest BCUT2D eigenvalue weighted by atomic mass is 10.1. The number of hydrogen-bond acceptors (Lipinski definition) is 3. The molecule has 0 aliphatic carbocycles. The fourth-order valence-electron chi connectivity index (χ4n) is 2.63. The molecule has 0 radical (unpaired) electrons. The summed E-state index contributed by atoms with van der Waals surface area (Å²) in [6.07, 6.45) is 1.53. The molecule has 0 atom stereocenters. The van der Waals surface area contributed by atoms with Crippen LogP contribution in [0.1, 0.15) is 54.7 Å². The molecule has 1 heterocycles. The molecule has 0 fully saturated rings. The number of hydrogen-bond donors (Lipinski definition) is 1. The lowest BCUT2D eigenvalue weighted by Crippen LogP contribution is -2.17. The second kappa shape index (κ2) is 8.95. The number of ether oxygens (including phenoxy) is 1. The van der Waals surface area contributed by atoms with Gasteiger partial charge in [-0.2, -0.15) is 0 Å². The molecule has 0 saturated carbocycles. The van der Waals surface area contributed by atoms with Crippen LogP contribution in [-0.4, -0.2) is 29.1 Å². The third kappa shape index (κ3) is 5.38. The molecule has 1 aliphatic heterocycles. The Labute approximate surface area is 163 Å². The molecule has 4 nitrogen and oxygen atoms in total. The third-order valence-electron chi connectivity index (χ3n) is 4.31. The van der Waals surface area contributed by atoms with E-state index in [4.69, 9.17) is 9.84 Å². The first-order valence-electron chi connectivity index (χ1n) is 9.20. The summed E-state index contributed by atoms with van der Waals surface area (Å²) >= 11 is 0. The molecule has 1 aliphatic rings. The van der Waals surface area contributed by atoms with E-state index in [2.05, 4.69) is 4.99 Å². The molecule has 6 heteroatoms. The second-order valence-electron chi connectivity index (χ2n) is 7.16. The topological polar surface area (TPSA) is 58.9 Å². The minimum absolute atomic E-state index is 0.245. The van der Waals surface area contributed by atoms with Crippen LogP contribution in [0.25, 0.3) is 0 Å². The molecule has 0 saturated heterocycles. The summed E-state index contributed by atoms with van der Waals surface area (Å²) in [5, 5.41) is 8.49. The molecule has 2 aromatic rings. The van der Waals surface area contributed by atoms with Gasteiger partial charge >= 0.3 is 5.97 Å². The van der Waals surface area contributed by atoms with E-state index in [0.29, 0.717) is 24.5 Å². The third-order valence-corrected chi connectivity index (χ3v) is 4.31. The van der Waals surface area contributed by atoms with Gasteiger partial charge in [-0.05, 0) is 62.1 Å². The van der Waals surface area contributed by atoms with Crippen molar-refractivity contribution in [2.24, 2.45) is 4.99 Å². The zero-order valence-electron chi connectivity index (χ0n) is 16.6. The van der Waals surface area contributed by atoms with Crippen molar-refractivity contribution in [1.82, 2.24) is 0 Å². The van der Waals surface area contributed by atoms with Gasteiger partial charge in [0.1, 0.15) is 18.2 Å². The van der Waals surface area contributed by atoms with Crippen LogP contribution in [0.5, 0.6) is 0 Å². The first-order chi connectivity index (χ1) is 13.2. The quantitative estimate of drug-likeness (QED) is 0.798. The largest absolute Gasteiger partial charge is 0.478 e. The first kappa shape index (κ1) is 21.5. The number of aromatic carboxylic acids is 1. The molecule has 28 heavy (non-hydrogen) atoms. The zero-order chi connectivity index (χ0) is 20.9. The van der Waals surface area contributed by atoms with Gasteiger partial charge in [0.25, 0.3) is 0 Å². The number of carboxylic acids is 1. The summed E-state index contributed by atoms with van der Waals surface area (Å²) in [6.45, 7) is 8.34. The SMILES string of the molecule is CCc1ccc(C(=O)O)c(F)c1.CCc1ccc(C2=NC(C)(C)CO2)c(F)c1. The monoisotopic (exact) mass is 389 g/mol. The van der Waals surface area contributed by atoms with Gasteiger partial charge in [-0.15, -0.1) is 0 Å². The second-order valence-corrected chi connectivity index (χ2v) is 7.16. The number of aliphatic imine (C=N–C) groups is 1. The average molecular weight is 389 g/mol. The summed E-state index contributed by atoms with van der Waals surface area (Å²) in [4.78, 5) is 14.7. The molecule has 0 aromatic heterocycles. The van der Waals surface area contributed by atoms with Crippen molar-refractivity contribution in [2.75, 3.05) is 6.61 Å². The van der Waals surface area contributed by atoms with E-state index in [1.165, 1.54) is 12.1 Å². The minimum Gasteiger partial charge on any atom is -0.478 e. The van der Waals surface area contributed by atoms with Crippen molar-refractivity contribution in [2.45, 2.75) is 46.1 Å². The lowest BCUT2D eigenvalue weighted by molar-refractivity contribution is 0.0692. The highest BCUT2D eigenvalue weighted by Gasteiger charge is 2.28. The normalized spacial score (nSPS) is 14.6.